The van der Waals surface area contributed by atoms with Gasteiger partial charge < -0.3 is 10.1 Å². The number of amides is 1. The number of ether oxygens (including phenoxy) is 1. The first-order valence-corrected chi connectivity index (χ1v) is 6.55. The van der Waals surface area contributed by atoms with Gasteiger partial charge in [0.05, 0.1) is 9.95 Å². The highest BCUT2D eigenvalue weighted by molar-refractivity contribution is 6.43. The summed E-state index contributed by atoms with van der Waals surface area (Å²) in [5.74, 6) is -0.449. The number of carbonyl (C=O) groups excluding carboxylic acids is 1. The van der Waals surface area contributed by atoms with Gasteiger partial charge >= 0.3 is 0 Å². The normalized spacial score (nSPS) is 12.0. The molecule has 20 heavy (non-hydrogen) atoms. The van der Waals surface area contributed by atoms with E-state index in [-0.39, 0.29) is 21.7 Å². The predicted molar refractivity (Wildman–Crippen MR) is 76.5 cm³/mol. The SMILES string of the molecule is COCCC(C)NC(=O)c1cc(Cl)c(Cl)c([N+](=O)[O-])c1. The summed E-state index contributed by atoms with van der Waals surface area (Å²) in [5, 5.41) is 13.3. The van der Waals surface area contributed by atoms with Gasteiger partial charge in [-0.2, -0.15) is 0 Å². The first kappa shape index (κ1) is 16.7. The Morgan fingerprint density at radius 2 is 2.15 bits per heavy atom. The van der Waals surface area contributed by atoms with Crippen molar-refractivity contribution < 1.29 is 14.5 Å². The van der Waals surface area contributed by atoms with Crippen molar-refractivity contribution in [1.29, 1.82) is 0 Å². The van der Waals surface area contributed by atoms with E-state index in [9.17, 15) is 14.9 Å². The Hall–Kier alpha value is -1.37. The van der Waals surface area contributed by atoms with Crippen LogP contribution in [0.3, 0.4) is 0 Å². The zero-order valence-corrected chi connectivity index (χ0v) is 12.5. The van der Waals surface area contributed by atoms with Gasteiger partial charge in [-0.15, -0.1) is 0 Å². The second kappa shape index (κ2) is 7.42. The van der Waals surface area contributed by atoms with E-state index in [1.54, 1.807) is 7.11 Å². The largest absolute Gasteiger partial charge is 0.385 e. The van der Waals surface area contributed by atoms with Crippen LogP contribution in [-0.2, 0) is 4.74 Å². The Morgan fingerprint density at radius 1 is 1.50 bits per heavy atom. The van der Waals surface area contributed by atoms with Crippen molar-refractivity contribution in [3.05, 3.63) is 37.9 Å². The molecule has 110 valence electrons. The minimum absolute atomic E-state index is 0.0319. The minimum Gasteiger partial charge on any atom is -0.385 e. The van der Waals surface area contributed by atoms with Crippen LogP contribution in [0.5, 0.6) is 0 Å². The zero-order valence-electron chi connectivity index (χ0n) is 11.0. The Labute approximate surface area is 126 Å². The van der Waals surface area contributed by atoms with Crippen LogP contribution in [0.15, 0.2) is 12.1 Å². The molecular weight excluding hydrogens is 307 g/mol. The van der Waals surface area contributed by atoms with E-state index in [1.807, 2.05) is 6.92 Å². The average Bonchev–Trinajstić information content (AvgIpc) is 2.38. The Kier molecular flexibility index (Phi) is 6.19. The molecule has 1 atom stereocenters. The molecule has 0 aromatic heterocycles. The van der Waals surface area contributed by atoms with Gasteiger partial charge in [0.1, 0.15) is 5.02 Å². The number of nitro benzene ring substituents is 1. The van der Waals surface area contributed by atoms with E-state index in [1.165, 1.54) is 6.07 Å². The van der Waals surface area contributed by atoms with Crippen molar-refractivity contribution in [3.8, 4) is 0 Å². The number of nitrogens with zero attached hydrogens (tertiary/aromatic N) is 1. The summed E-state index contributed by atoms with van der Waals surface area (Å²) >= 11 is 11.5. The predicted octanol–water partition coefficient (Wildman–Crippen LogP) is 3.06. The van der Waals surface area contributed by atoms with Crippen LogP contribution in [0.1, 0.15) is 23.7 Å². The van der Waals surface area contributed by atoms with Gasteiger partial charge in [0.2, 0.25) is 0 Å². The lowest BCUT2D eigenvalue weighted by Crippen LogP contribution is -2.33. The number of nitrogens with one attached hydrogen (secondary N) is 1. The van der Waals surface area contributed by atoms with E-state index in [2.05, 4.69) is 5.32 Å². The van der Waals surface area contributed by atoms with Crippen molar-refractivity contribution in [2.75, 3.05) is 13.7 Å². The molecule has 0 aliphatic rings. The van der Waals surface area contributed by atoms with E-state index in [0.29, 0.717) is 13.0 Å². The smallest absolute Gasteiger partial charge is 0.290 e. The molecule has 0 saturated heterocycles. The molecule has 0 aliphatic heterocycles. The van der Waals surface area contributed by atoms with Crippen molar-refractivity contribution in [2.24, 2.45) is 0 Å². The molecule has 1 rings (SSSR count). The van der Waals surface area contributed by atoms with Crippen LogP contribution in [0.4, 0.5) is 5.69 Å². The number of benzene rings is 1. The van der Waals surface area contributed by atoms with Crippen LogP contribution in [0.2, 0.25) is 10.0 Å². The van der Waals surface area contributed by atoms with Crippen LogP contribution >= 0.6 is 23.2 Å². The maximum Gasteiger partial charge on any atom is 0.290 e. The molecule has 0 saturated carbocycles. The maximum absolute atomic E-state index is 12.0. The first-order chi connectivity index (χ1) is 9.36. The molecule has 1 unspecified atom stereocenters. The Bertz CT molecular complexity index is 522. The van der Waals surface area contributed by atoms with Gasteiger partial charge in [0, 0.05) is 31.4 Å². The van der Waals surface area contributed by atoms with E-state index in [4.69, 9.17) is 27.9 Å². The molecule has 8 heteroatoms. The summed E-state index contributed by atoms with van der Waals surface area (Å²) in [4.78, 5) is 22.1. The summed E-state index contributed by atoms with van der Waals surface area (Å²) in [6.45, 7) is 2.31. The summed E-state index contributed by atoms with van der Waals surface area (Å²) in [6.07, 6.45) is 0.631. The third-order valence-corrected chi connectivity index (χ3v) is 3.39. The molecule has 0 spiro atoms. The number of nitro groups is 1. The molecule has 0 radical (unpaired) electrons. The summed E-state index contributed by atoms with van der Waals surface area (Å²) in [6, 6.07) is 2.28. The molecule has 6 nitrogen and oxygen atoms in total. The number of hydrogen-bond donors (Lipinski definition) is 1. The van der Waals surface area contributed by atoms with E-state index >= 15 is 0 Å². The summed E-state index contributed by atoms with van der Waals surface area (Å²) in [5.41, 5.74) is -0.302. The van der Waals surface area contributed by atoms with Gasteiger partial charge in [-0.05, 0) is 19.4 Å². The van der Waals surface area contributed by atoms with Crippen molar-refractivity contribution >= 4 is 34.8 Å². The topological polar surface area (TPSA) is 81.5 Å². The van der Waals surface area contributed by atoms with Crippen molar-refractivity contribution in [3.63, 3.8) is 0 Å². The van der Waals surface area contributed by atoms with Crippen LogP contribution in [0, 0.1) is 10.1 Å². The second-order valence-corrected chi connectivity index (χ2v) is 4.99. The fourth-order valence-electron chi connectivity index (χ4n) is 1.51. The zero-order chi connectivity index (χ0) is 15.3. The molecular formula is C12H14Cl2N2O4. The molecule has 0 aliphatic carbocycles. The number of rotatable bonds is 6. The van der Waals surface area contributed by atoms with Gasteiger partial charge in [0.25, 0.3) is 11.6 Å². The fraction of sp³-hybridized carbons (Fsp3) is 0.417. The van der Waals surface area contributed by atoms with Crippen LogP contribution < -0.4 is 5.32 Å². The lowest BCUT2D eigenvalue weighted by atomic mass is 10.1. The van der Waals surface area contributed by atoms with E-state index < -0.39 is 16.5 Å². The first-order valence-electron chi connectivity index (χ1n) is 5.80. The van der Waals surface area contributed by atoms with Crippen molar-refractivity contribution in [2.45, 2.75) is 19.4 Å². The summed E-state index contributed by atoms with van der Waals surface area (Å²) < 4.78 is 4.91. The number of hydrogen-bond acceptors (Lipinski definition) is 4. The summed E-state index contributed by atoms with van der Waals surface area (Å²) in [7, 11) is 1.57. The number of halogens is 2. The van der Waals surface area contributed by atoms with Crippen molar-refractivity contribution in [1.82, 2.24) is 5.32 Å². The molecule has 0 fully saturated rings. The maximum atomic E-state index is 12.0. The van der Waals surface area contributed by atoms with Gasteiger partial charge in [-0.3, -0.25) is 14.9 Å². The quantitative estimate of drug-likeness (QED) is 0.645. The van der Waals surface area contributed by atoms with Crippen LogP contribution in [-0.4, -0.2) is 30.6 Å². The number of carbonyl (C=O) groups is 1. The molecule has 1 aromatic rings. The fourth-order valence-corrected chi connectivity index (χ4v) is 1.90. The lowest BCUT2D eigenvalue weighted by Gasteiger charge is -2.13. The lowest BCUT2D eigenvalue weighted by molar-refractivity contribution is -0.384. The van der Waals surface area contributed by atoms with E-state index in [0.717, 1.165) is 6.07 Å². The number of methoxy groups -OCH3 is 1. The van der Waals surface area contributed by atoms with Gasteiger partial charge in [0.15, 0.2) is 0 Å². The van der Waals surface area contributed by atoms with Gasteiger partial charge in [-0.1, -0.05) is 23.2 Å². The van der Waals surface area contributed by atoms with Gasteiger partial charge in [-0.25, -0.2) is 0 Å². The second-order valence-electron chi connectivity index (χ2n) is 4.20. The highest BCUT2D eigenvalue weighted by atomic mass is 35.5. The molecule has 0 bridgehead atoms. The van der Waals surface area contributed by atoms with Crippen LogP contribution in [0.25, 0.3) is 0 Å². The standard InChI is InChI=1S/C12H14Cl2N2O4/c1-7(3-4-20-2)15-12(17)8-5-9(13)11(14)10(6-8)16(18)19/h5-7H,3-4H2,1-2H3,(H,15,17). The monoisotopic (exact) mass is 320 g/mol. The molecule has 1 aromatic carbocycles. The molecule has 0 heterocycles. The Morgan fingerprint density at radius 3 is 2.70 bits per heavy atom. The average molecular weight is 321 g/mol. The highest BCUT2D eigenvalue weighted by Crippen LogP contribution is 2.33. The minimum atomic E-state index is -0.681. The molecule has 1 amide bonds. The molecule has 1 N–H and O–H groups in total. The highest BCUT2D eigenvalue weighted by Gasteiger charge is 2.20. The third-order valence-electron chi connectivity index (χ3n) is 2.60. The third kappa shape index (κ3) is 4.33. The Balaban J connectivity index is 2.91.